The number of aryl methyl sites for hydroxylation is 1. The van der Waals surface area contributed by atoms with Gasteiger partial charge in [0.2, 0.25) is 5.91 Å². The lowest BCUT2D eigenvalue weighted by atomic mass is 10.0. The van der Waals surface area contributed by atoms with Crippen LogP contribution in [0.5, 0.6) is 0 Å². The van der Waals surface area contributed by atoms with E-state index in [2.05, 4.69) is 5.32 Å². The Balaban J connectivity index is 1.78. The zero-order chi connectivity index (χ0) is 20.8. The van der Waals surface area contributed by atoms with Crippen molar-refractivity contribution in [2.24, 2.45) is 0 Å². The fraction of sp³-hybridized carbons (Fsp3) is 0.182. The SMILES string of the molecule is CCOC(=O)c1c(-c2ccc(Cl)cc2)csc1NC(=O)CCc1ccc(Cl)cc1. The lowest BCUT2D eigenvalue weighted by molar-refractivity contribution is -0.116. The zero-order valence-corrected chi connectivity index (χ0v) is 18.0. The number of nitrogens with one attached hydrogen (secondary N) is 1. The largest absolute Gasteiger partial charge is 0.462 e. The van der Waals surface area contributed by atoms with E-state index < -0.39 is 5.97 Å². The molecule has 0 radical (unpaired) electrons. The smallest absolute Gasteiger partial charge is 0.341 e. The molecule has 3 aromatic rings. The Morgan fingerprint density at radius 3 is 2.24 bits per heavy atom. The van der Waals surface area contributed by atoms with Crippen molar-refractivity contribution >= 4 is 51.4 Å². The molecular formula is C22H19Cl2NO3S. The maximum atomic E-state index is 12.6. The Bertz CT molecular complexity index is 998. The van der Waals surface area contributed by atoms with Crippen LogP contribution < -0.4 is 5.32 Å². The number of rotatable bonds is 7. The summed E-state index contributed by atoms with van der Waals surface area (Å²) in [5, 5.41) is 6.44. The monoisotopic (exact) mass is 447 g/mol. The number of anilines is 1. The van der Waals surface area contributed by atoms with Crippen LogP contribution in [0.15, 0.2) is 53.9 Å². The summed E-state index contributed by atoms with van der Waals surface area (Å²) in [6, 6.07) is 14.6. The summed E-state index contributed by atoms with van der Waals surface area (Å²) in [6.45, 7) is 2.00. The number of carbonyl (C=O) groups is 2. The molecular weight excluding hydrogens is 429 g/mol. The van der Waals surface area contributed by atoms with Crippen LogP contribution in [-0.2, 0) is 16.0 Å². The van der Waals surface area contributed by atoms with Gasteiger partial charge in [0.25, 0.3) is 0 Å². The van der Waals surface area contributed by atoms with Gasteiger partial charge in [-0.15, -0.1) is 11.3 Å². The molecule has 0 bridgehead atoms. The molecule has 1 N–H and O–H groups in total. The topological polar surface area (TPSA) is 55.4 Å². The second-order valence-corrected chi connectivity index (χ2v) is 8.01. The van der Waals surface area contributed by atoms with Gasteiger partial charge in [-0.2, -0.15) is 0 Å². The van der Waals surface area contributed by atoms with E-state index in [-0.39, 0.29) is 18.9 Å². The number of amides is 1. The maximum absolute atomic E-state index is 12.6. The molecule has 0 saturated heterocycles. The van der Waals surface area contributed by atoms with Crippen LogP contribution in [0.1, 0.15) is 29.3 Å². The molecule has 150 valence electrons. The van der Waals surface area contributed by atoms with Gasteiger partial charge < -0.3 is 10.1 Å². The van der Waals surface area contributed by atoms with Crippen molar-refractivity contribution < 1.29 is 14.3 Å². The minimum absolute atomic E-state index is 0.171. The van der Waals surface area contributed by atoms with Gasteiger partial charge in [0.15, 0.2) is 0 Å². The molecule has 1 amide bonds. The normalized spacial score (nSPS) is 10.6. The Kier molecular flexibility index (Phi) is 7.31. The van der Waals surface area contributed by atoms with E-state index >= 15 is 0 Å². The highest BCUT2D eigenvalue weighted by Gasteiger charge is 2.22. The summed E-state index contributed by atoms with van der Waals surface area (Å²) in [5.74, 6) is -0.637. The minimum atomic E-state index is -0.466. The fourth-order valence-corrected chi connectivity index (χ4v) is 4.02. The summed E-state index contributed by atoms with van der Waals surface area (Å²) in [6.07, 6.45) is 0.866. The van der Waals surface area contributed by atoms with Crippen molar-refractivity contribution in [1.29, 1.82) is 0 Å². The fourth-order valence-electron chi connectivity index (χ4n) is 2.80. The van der Waals surface area contributed by atoms with Gasteiger partial charge in [-0.1, -0.05) is 47.5 Å². The van der Waals surface area contributed by atoms with Crippen LogP contribution in [-0.4, -0.2) is 18.5 Å². The molecule has 0 spiro atoms. The van der Waals surface area contributed by atoms with Gasteiger partial charge in [-0.05, 0) is 48.7 Å². The van der Waals surface area contributed by atoms with E-state index in [1.807, 2.05) is 29.6 Å². The first-order valence-corrected chi connectivity index (χ1v) is 10.7. The van der Waals surface area contributed by atoms with Gasteiger partial charge in [-0.3, -0.25) is 4.79 Å². The summed E-state index contributed by atoms with van der Waals surface area (Å²) in [7, 11) is 0. The highest BCUT2D eigenvalue weighted by molar-refractivity contribution is 7.15. The van der Waals surface area contributed by atoms with Crippen molar-refractivity contribution in [2.45, 2.75) is 19.8 Å². The Labute approximate surface area is 183 Å². The number of hydrogen-bond acceptors (Lipinski definition) is 4. The van der Waals surface area contributed by atoms with Gasteiger partial charge in [0.05, 0.1) is 6.61 Å². The van der Waals surface area contributed by atoms with Crippen molar-refractivity contribution in [2.75, 3.05) is 11.9 Å². The number of esters is 1. The lowest BCUT2D eigenvalue weighted by Gasteiger charge is -2.09. The van der Waals surface area contributed by atoms with Crippen molar-refractivity contribution in [3.8, 4) is 11.1 Å². The van der Waals surface area contributed by atoms with Crippen LogP contribution in [0, 0.1) is 0 Å². The van der Waals surface area contributed by atoms with Gasteiger partial charge >= 0.3 is 5.97 Å². The van der Waals surface area contributed by atoms with Gasteiger partial charge in [0, 0.05) is 27.4 Å². The van der Waals surface area contributed by atoms with Crippen molar-refractivity contribution in [3.63, 3.8) is 0 Å². The van der Waals surface area contributed by atoms with Crippen molar-refractivity contribution in [3.05, 3.63) is 75.1 Å². The zero-order valence-electron chi connectivity index (χ0n) is 15.7. The summed E-state index contributed by atoms with van der Waals surface area (Å²) in [5.41, 5.74) is 2.91. The molecule has 0 fully saturated rings. The van der Waals surface area contributed by atoms with Crippen LogP contribution in [0.3, 0.4) is 0 Å². The molecule has 1 heterocycles. The first kappa shape index (κ1) is 21.4. The Hall–Kier alpha value is -2.34. The highest BCUT2D eigenvalue weighted by atomic mass is 35.5. The van der Waals surface area contributed by atoms with Gasteiger partial charge in [0.1, 0.15) is 10.6 Å². The first-order valence-electron chi connectivity index (χ1n) is 9.06. The predicted molar refractivity (Wildman–Crippen MR) is 119 cm³/mol. The lowest BCUT2D eigenvalue weighted by Crippen LogP contribution is -2.15. The molecule has 0 aliphatic carbocycles. The maximum Gasteiger partial charge on any atom is 0.341 e. The second kappa shape index (κ2) is 9.92. The molecule has 4 nitrogen and oxygen atoms in total. The van der Waals surface area contributed by atoms with Gasteiger partial charge in [-0.25, -0.2) is 4.79 Å². The van der Waals surface area contributed by atoms with Crippen LogP contribution >= 0.6 is 34.5 Å². The molecule has 0 saturated carbocycles. The highest BCUT2D eigenvalue weighted by Crippen LogP contribution is 2.36. The second-order valence-electron chi connectivity index (χ2n) is 6.26. The molecule has 3 rings (SSSR count). The number of thiophene rings is 1. The third-order valence-electron chi connectivity index (χ3n) is 4.23. The Morgan fingerprint density at radius 1 is 1.00 bits per heavy atom. The van der Waals surface area contributed by atoms with E-state index in [9.17, 15) is 9.59 Å². The molecule has 0 aliphatic rings. The first-order chi connectivity index (χ1) is 14.0. The molecule has 2 aromatic carbocycles. The number of halogens is 2. The third-order valence-corrected chi connectivity index (χ3v) is 5.63. The number of ether oxygens (including phenoxy) is 1. The van der Waals surface area contributed by atoms with E-state index in [0.717, 1.165) is 11.1 Å². The summed E-state index contributed by atoms with van der Waals surface area (Å²) >= 11 is 13.2. The number of benzene rings is 2. The van der Waals surface area contributed by atoms with Crippen LogP contribution in [0.2, 0.25) is 10.0 Å². The Morgan fingerprint density at radius 2 is 1.62 bits per heavy atom. The average molecular weight is 448 g/mol. The predicted octanol–water partition coefficient (Wildman–Crippen LogP) is 6.47. The third kappa shape index (κ3) is 5.60. The number of carbonyl (C=O) groups excluding carboxylic acids is 2. The quantitative estimate of drug-likeness (QED) is 0.422. The molecule has 0 unspecified atom stereocenters. The van der Waals surface area contributed by atoms with Crippen LogP contribution in [0.25, 0.3) is 11.1 Å². The standard InChI is InChI=1S/C22H19Cl2NO3S/c1-2-28-22(27)20-18(15-6-10-17(24)11-7-15)13-29-21(20)25-19(26)12-5-14-3-8-16(23)9-4-14/h3-4,6-11,13H,2,5,12H2,1H3,(H,25,26). The molecule has 1 aromatic heterocycles. The molecule has 0 aliphatic heterocycles. The van der Waals surface area contributed by atoms with E-state index in [1.165, 1.54) is 11.3 Å². The van der Waals surface area contributed by atoms with Crippen molar-refractivity contribution in [1.82, 2.24) is 0 Å². The summed E-state index contributed by atoms with van der Waals surface area (Å²) in [4.78, 5) is 25.1. The number of hydrogen-bond donors (Lipinski definition) is 1. The van der Waals surface area contributed by atoms with E-state index in [0.29, 0.717) is 32.6 Å². The van der Waals surface area contributed by atoms with E-state index in [4.69, 9.17) is 27.9 Å². The molecule has 0 atom stereocenters. The molecule has 29 heavy (non-hydrogen) atoms. The van der Waals surface area contributed by atoms with E-state index in [1.54, 1.807) is 31.2 Å². The van der Waals surface area contributed by atoms with Crippen LogP contribution in [0.4, 0.5) is 5.00 Å². The average Bonchev–Trinajstić information content (AvgIpc) is 3.12. The summed E-state index contributed by atoms with van der Waals surface area (Å²) < 4.78 is 5.21. The minimum Gasteiger partial charge on any atom is -0.462 e. The molecule has 7 heteroatoms.